The van der Waals surface area contributed by atoms with Crippen LogP contribution in [-0.4, -0.2) is 39.6 Å². The molecule has 0 aliphatic carbocycles. The zero-order valence-corrected chi connectivity index (χ0v) is 13.0. The molecule has 3 N–H and O–H groups in total. The van der Waals surface area contributed by atoms with Crippen molar-refractivity contribution in [2.45, 2.75) is 31.7 Å². The summed E-state index contributed by atoms with van der Waals surface area (Å²) in [5.74, 6) is -0.411. The van der Waals surface area contributed by atoms with Gasteiger partial charge in [-0.2, -0.15) is 0 Å². The highest BCUT2D eigenvalue weighted by Crippen LogP contribution is 2.26. The van der Waals surface area contributed by atoms with Crippen LogP contribution in [0.5, 0.6) is 0 Å². The van der Waals surface area contributed by atoms with E-state index in [4.69, 9.17) is 15.2 Å². The standard InChI is InChI=1S/C12H16BrN3O5/c1-6-4-16(12(19)15-11(6)18)9-2-7(14)8(21-9)5-20-10(17)3-13/h4,7-9H,2-3,5,14H2,1H3,(H,15,18,19)/t7-,8?,9?/m1/s1. The second-order valence-electron chi connectivity index (χ2n) is 4.82. The summed E-state index contributed by atoms with van der Waals surface area (Å²) in [5, 5.41) is 0.0942. The fraction of sp³-hybridized carbons (Fsp3) is 0.583. The molecule has 1 aliphatic rings. The van der Waals surface area contributed by atoms with Crippen molar-refractivity contribution in [2.24, 2.45) is 5.73 Å². The number of aromatic amines is 1. The maximum absolute atomic E-state index is 11.8. The number of aryl methyl sites for hydroxylation is 1. The van der Waals surface area contributed by atoms with Crippen LogP contribution in [-0.2, 0) is 14.3 Å². The summed E-state index contributed by atoms with van der Waals surface area (Å²) in [7, 11) is 0. The highest BCUT2D eigenvalue weighted by Gasteiger charge is 2.35. The van der Waals surface area contributed by atoms with Gasteiger partial charge in [0.1, 0.15) is 24.3 Å². The average molecular weight is 362 g/mol. The van der Waals surface area contributed by atoms with Crippen LogP contribution in [0.15, 0.2) is 15.8 Å². The third-order valence-electron chi connectivity index (χ3n) is 3.26. The lowest BCUT2D eigenvalue weighted by Gasteiger charge is -2.16. The van der Waals surface area contributed by atoms with Gasteiger partial charge >= 0.3 is 11.7 Å². The molecule has 0 amide bonds. The Kier molecular flexibility index (Phi) is 4.96. The van der Waals surface area contributed by atoms with E-state index in [2.05, 4.69) is 20.9 Å². The fourth-order valence-corrected chi connectivity index (χ4v) is 2.26. The molecule has 0 radical (unpaired) electrons. The van der Waals surface area contributed by atoms with Crippen molar-refractivity contribution in [3.63, 3.8) is 0 Å². The van der Waals surface area contributed by atoms with Gasteiger partial charge in [0.2, 0.25) is 0 Å². The lowest BCUT2D eigenvalue weighted by molar-refractivity contribution is -0.145. The van der Waals surface area contributed by atoms with Gasteiger partial charge in [0, 0.05) is 24.2 Å². The second kappa shape index (κ2) is 6.54. The van der Waals surface area contributed by atoms with Crippen molar-refractivity contribution in [1.29, 1.82) is 0 Å². The number of aromatic nitrogens is 2. The van der Waals surface area contributed by atoms with E-state index in [0.29, 0.717) is 12.0 Å². The molecule has 0 saturated carbocycles. The van der Waals surface area contributed by atoms with E-state index in [1.807, 2.05) is 0 Å². The zero-order valence-electron chi connectivity index (χ0n) is 11.4. The minimum atomic E-state index is -0.587. The van der Waals surface area contributed by atoms with E-state index in [-0.39, 0.29) is 18.0 Å². The van der Waals surface area contributed by atoms with E-state index in [9.17, 15) is 14.4 Å². The van der Waals surface area contributed by atoms with Crippen LogP contribution in [0.1, 0.15) is 18.2 Å². The van der Waals surface area contributed by atoms with Gasteiger partial charge in [-0.05, 0) is 6.92 Å². The van der Waals surface area contributed by atoms with Crippen LogP contribution in [0.3, 0.4) is 0 Å². The minimum Gasteiger partial charge on any atom is -0.462 e. The minimum absolute atomic E-state index is 0.0270. The smallest absolute Gasteiger partial charge is 0.330 e. The summed E-state index contributed by atoms with van der Waals surface area (Å²) in [4.78, 5) is 36.5. The van der Waals surface area contributed by atoms with E-state index in [0.717, 1.165) is 0 Å². The van der Waals surface area contributed by atoms with Crippen molar-refractivity contribution in [3.05, 3.63) is 32.6 Å². The number of nitrogens with zero attached hydrogens (tertiary/aromatic N) is 1. The molecular weight excluding hydrogens is 346 g/mol. The Balaban J connectivity index is 2.10. The first-order chi connectivity index (χ1) is 9.92. The summed E-state index contributed by atoms with van der Waals surface area (Å²) >= 11 is 2.99. The SMILES string of the molecule is Cc1cn(C2C[C@@H](N)C(COC(=O)CBr)O2)c(=O)[nH]c1=O. The largest absolute Gasteiger partial charge is 0.462 e. The zero-order chi connectivity index (χ0) is 15.6. The molecule has 0 spiro atoms. The number of alkyl halides is 1. The topological polar surface area (TPSA) is 116 Å². The molecule has 2 rings (SSSR count). The Morgan fingerprint density at radius 3 is 3.00 bits per heavy atom. The number of esters is 1. The number of carbonyl (C=O) groups excluding carboxylic acids is 1. The second-order valence-corrected chi connectivity index (χ2v) is 5.38. The summed E-state index contributed by atoms with van der Waals surface area (Å²) in [6.07, 6.45) is 0.751. The quantitative estimate of drug-likeness (QED) is 0.546. The lowest BCUT2D eigenvalue weighted by Crippen LogP contribution is -2.34. The Hall–Kier alpha value is -1.45. The normalized spacial score (nSPS) is 25.0. The number of halogens is 1. The molecule has 0 bridgehead atoms. The maximum Gasteiger partial charge on any atom is 0.330 e. The summed E-state index contributed by atoms with van der Waals surface area (Å²) in [6.45, 7) is 1.62. The van der Waals surface area contributed by atoms with Gasteiger partial charge in [0.05, 0.1) is 0 Å². The highest BCUT2D eigenvalue weighted by atomic mass is 79.9. The summed E-state index contributed by atoms with van der Waals surface area (Å²) < 4.78 is 11.9. The van der Waals surface area contributed by atoms with Gasteiger partial charge < -0.3 is 15.2 Å². The first kappa shape index (κ1) is 15.9. The third kappa shape index (κ3) is 3.60. The number of H-pyrrole nitrogens is 1. The van der Waals surface area contributed by atoms with Crippen molar-refractivity contribution in [2.75, 3.05) is 11.9 Å². The van der Waals surface area contributed by atoms with Gasteiger partial charge in [-0.25, -0.2) is 4.79 Å². The molecule has 2 unspecified atom stereocenters. The molecule has 1 aromatic rings. The molecule has 2 heterocycles. The number of ether oxygens (including phenoxy) is 2. The molecule has 1 aliphatic heterocycles. The first-order valence-electron chi connectivity index (χ1n) is 6.37. The number of nitrogens with one attached hydrogen (secondary N) is 1. The van der Waals surface area contributed by atoms with Gasteiger partial charge in [-0.3, -0.25) is 19.1 Å². The molecule has 21 heavy (non-hydrogen) atoms. The van der Waals surface area contributed by atoms with Crippen LogP contribution in [0.4, 0.5) is 0 Å². The lowest BCUT2D eigenvalue weighted by atomic mass is 10.1. The summed E-state index contributed by atoms with van der Waals surface area (Å²) in [5.41, 5.74) is 5.36. The Morgan fingerprint density at radius 1 is 1.62 bits per heavy atom. The van der Waals surface area contributed by atoms with Crippen molar-refractivity contribution in [3.8, 4) is 0 Å². The third-order valence-corrected chi connectivity index (χ3v) is 3.71. The molecule has 116 valence electrons. The first-order valence-corrected chi connectivity index (χ1v) is 7.49. The van der Waals surface area contributed by atoms with E-state index >= 15 is 0 Å². The van der Waals surface area contributed by atoms with E-state index in [1.54, 1.807) is 6.92 Å². The predicted molar refractivity (Wildman–Crippen MR) is 77.3 cm³/mol. The van der Waals surface area contributed by atoms with Crippen LogP contribution in [0.2, 0.25) is 0 Å². The Bertz CT molecular complexity index is 641. The van der Waals surface area contributed by atoms with Crippen molar-refractivity contribution >= 4 is 21.9 Å². The van der Waals surface area contributed by atoms with E-state index in [1.165, 1.54) is 10.8 Å². The maximum atomic E-state index is 11.8. The van der Waals surface area contributed by atoms with Crippen LogP contribution in [0, 0.1) is 6.92 Å². The van der Waals surface area contributed by atoms with Gasteiger partial charge in [-0.15, -0.1) is 0 Å². The van der Waals surface area contributed by atoms with Crippen molar-refractivity contribution < 1.29 is 14.3 Å². The molecular formula is C12H16BrN3O5. The molecule has 0 aromatic carbocycles. The van der Waals surface area contributed by atoms with Crippen LogP contribution in [0.25, 0.3) is 0 Å². The molecule has 1 fully saturated rings. The Morgan fingerprint density at radius 2 is 2.33 bits per heavy atom. The Labute approximate surface area is 128 Å². The van der Waals surface area contributed by atoms with Gasteiger partial charge in [0.15, 0.2) is 0 Å². The van der Waals surface area contributed by atoms with Crippen LogP contribution >= 0.6 is 15.9 Å². The number of hydrogen-bond donors (Lipinski definition) is 2. The van der Waals surface area contributed by atoms with Crippen LogP contribution < -0.4 is 17.0 Å². The molecule has 3 atom stereocenters. The van der Waals surface area contributed by atoms with Gasteiger partial charge in [-0.1, -0.05) is 15.9 Å². The fourth-order valence-electron chi connectivity index (χ4n) is 2.10. The predicted octanol–water partition coefficient (Wildman–Crippen LogP) is -0.602. The molecule has 8 nitrogen and oxygen atoms in total. The van der Waals surface area contributed by atoms with E-state index < -0.39 is 29.6 Å². The average Bonchev–Trinajstić information content (AvgIpc) is 2.81. The van der Waals surface area contributed by atoms with Gasteiger partial charge in [0.25, 0.3) is 5.56 Å². The number of hydrogen-bond acceptors (Lipinski definition) is 6. The number of rotatable bonds is 4. The summed E-state index contributed by atoms with van der Waals surface area (Å²) in [6, 6.07) is -0.364. The molecule has 9 heteroatoms. The number of carbonyl (C=O) groups is 1. The number of nitrogens with two attached hydrogens (primary N) is 1. The molecule has 1 aromatic heterocycles. The monoisotopic (exact) mass is 361 g/mol. The highest BCUT2D eigenvalue weighted by molar-refractivity contribution is 9.09. The molecule has 1 saturated heterocycles. The van der Waals surface area contributed by atoms with Crippen molar-refractivity contribution in [1.82, 2.24) is 9.55 Å².